The molecule has 5 rings (SSSR count). The molecule has 2 aliphatic carbocycles. The molecule has 40 heavy (non-hydrogen) atoms. The molecule has 8 nitrogen and oxygen atoms in total. The highest BCUT2D eigenvalue weighted by molar-refractivity contribution is 14.1. The van der Waals surface area contributed by atoms with Gasteiger partial charge in [0, 0.05) is 36.7 Å². The predicted octanol–water partition coefficient (Wildman–Crippen LogP) is 5.20. The van der Waals surface area contributed by atoms with Gasteiger partial charge >= 0.3 is 5.97 Å². The number of rotatable bonds is 4. The highest BCUT2D eigenvalue weighted by Gasteiger charge is 2.69. The van der Waals surface area contributed by atoms with Crippen molar-refractivity contribution in [2.24, 2.45) is 29.6 Å². The van der Waals surface area contributed by atoms with E-state index >= 15 is 0 Å². The zero-order valence-corrected chi connectivity index (χ0v) is 29.5. The van der Waals surface area contributed by atoms with Crippen LogP contribution >= 0.6 is 67.8 Å². The summed E-state index contributed by atoms with van der Waals surface area (Å²) < 4.78 is 28.0. The zero-order chi connectivity index (χ0) is 29.3. The van der Waals surface area contributed by atoms with Crippen LogP contribution in [0.5, 0.6) is 0 Å². The van der Waals surface area contributed by atoms with E-state index < -0.39 is 48.2 Å². The Hall–Kier alpha value is -0.200. The largest absolute Gasteiger partial charge is 0.489 e. The fourth-order valence-electron chi connectivity index (χ4n) is 7.36. The molecule has 4 bridgehead atoms. The van der Waals surface area contributed by atoms with Crippen LogP contribution in [0.15, 0.2) is 36.1 Å². The van der Waals surface area contributed by atoms with Crippen molar-refractivity contribution >= 4 is 73.7 Å². The minimum Gasteiger partial charge on any atom is -0.489 e. The molecule has 11 heteroatoms. The van der Waals surface area contributed by atoms with E-state index in [4.69, 9.17) is 18.9 Å². The maximum absolute atomic E-state index is 13.4. The van der Waals surface area contributed by atoms with Crippen LogP contribution in [0.4, 0.5) is 0 Å². The van der Waals surface area contributed by atoms with Crippen molar-refractivity contribution in [1.29, 1.82) is 0 Å². The second-order valence-electron chi connectivity index (χ2n) is 11.6. The molecule has 1 spiro atoms. The van der Waals surface area contributed by atoms with Crippen LogP contribution in [0.1, 0.15) is 44.6 Å². The molecule has 2 fully saturated rings. The van der Waals surface area contributed by atoms with Crippen LogP contribution < -0.4 is 0 Å². The summed E-state index contributed by atoms with van der Waals surface area (Å²) in [6.07, 6.45) is 3.40. The van der Waals surface area contributed by atoms with Gasteiger partial charge in [0.05, 0.1) is 23.0 Å². The van der Waals surface area contributed by atoms with E-state index in [2.05, 4.69) is 97.6 Å². The Morgan fingerprint density at radius 2 is 1.95 bits per heavy atom. The van der Waals surface area contributed by atoms with Crippen LogP contribution in [-0.2, 0) is 18.9 Å². The lowest BCUT2D eigenvalue weighted by Crippen LogP contribution is -2.57. The number of aliphatic hydroxyl groups excluding tert-OH is 2. The lowest BCUT2D eigenvalue weighted by Gasteiger charge is -2.49. The Bertz CT molecular complexity index is 1240. The number of carbonyl (C=O) groups is 1. The molecule has 2 aliphatic heterocycles. The van der Waals surface area contributed by atoms with Gasteiger partial charge in [0.15, 0.2) is 0 Å². The van der Waals surface area contributed by atoms with E-state index in [1.807, 2.05) is 20.8 Å². The lowest BCUT2D eigenvalue weighted by molar-refractivity contribution is -0.108. The van der Waals surface area contributed by atoms with Gasteiger partial charge in [0.2, 0.25) is 0 Å². The number of hydrogen-bond acceptors (Lipinski definition) is 7. The lowest BCUT2D eigenvalue weighted by atomic mass is 9.57. The van der Waals surface area contributed by atoms with Gasteiger partial charge in [0.1, 0.15) is 41.5 Å². The van der Waals surface area contributed by atoms with Gasteiger partial charge in [0.25, 0.3) is 0 Å². The summed E-state index contributed by atoms with van der Waals surface area (Å²) in [7, 11) is 1.63. The van der Waals surface area contributed by atoms with Gasteiger partial charge in [-0.15, -0.1) is 0 Å². The van der Waals surface area contributed by atoms with Gasteiger partial charge in [-0.3, -0.25) is 0 Å². The molecule has 2 unspecified atom stereocenters. The zero-order valence-electron chi connectivity index (χ0n) is 23.1. The van der Waals surface area contributed by atoms with Crippen LogP contribution in [0, 0.1) is 40.4 Å². The van der Waals surface area contributed by atoms with Crippen molar-refractivity contribution in [3.05, 3.63) is 52.7 Å². The minimum absolute atomic E-state index is 0.127. The number of aromatic amines is 1. The number of ether oxygens (including phenoxy) is 4. The maximum atomic E-state index is 13.4. The molecule has 1 aromatic heterocycles. The van der Waals surface area contributed by atoms with Gasteiger partial charge in [-0.1, -0.05) is 38.7 Å². The van der Waals surface area contributed by atoms with Crippen molar-refractivity contribution in [1.82, 2.24) is 4.98 Å². The molecule has 0 amide bonds. The molecule has 0 aromatic carbocycles. The van der Waals surface area contributed by atoms with Crippen LogP contribution in [-0.4, -0.2) is 70.5 Å². The number of nitrogens with one attached hydrogen (secondary N) is 1. The summed E-state index contributed by atoms with van der Waals surface area (Å²) >= 11 is 6.54. The summed E-state index contributed by atoms with van der Waals surface area (Å²) in [5.41, 5.74) is 0.556. The van der Waals surface area contributed by atoms with Gasteiger partial charge in [-0.05, 0) is 93.6 Å². The molecule has 3 heterocycles. The smallest absolute Gasteiger partial charge is 0.356 e. The van der Waals surface area contributed by atoms with Gasteiger partial charge < -0.3 is 34.1 Å². The monoisotopic (exact) mass is 891 g/mol. The average molecular weight is 891 g/mol. The number of aromatic nitrogens is 1. The first kappa shape index (κ1) is 31.2. The van der Waals surface area contributed by atoms with Gasteiger partial charge in [-0.25, -0.2) is 4.79 Å². The molecule has 1 aromatic rings. The number of carbonyl (C=O) groups excluding carboxylic acids is 1. The van der Waals surface area contributed by atoms with E-state index in [0.29, 0.717) is 17.9 Å². The Labute approximate surface area is 276 Å². The normalized spacial score (nSPS) is 42.9. The Balaban J connectivity index is 1.56. The highest BCUT2D eigenvalue weighted by atomic mass is 127. The minimum atomic E-state index is -0.837. The summed E-state index contributed by atoms with van der Waals surface area (Å²) in [5.74, 6) is -0.990. The van der Waals surface area contributed by atoms with Crippen molar-refractivity contribution in [3.63, 3.8) is 0 Å². The van der Waals surface area contributed by atoms with Gasteiger partial charge in [-0.2, -0.15) is 0 Å². The highest BCUT2D eigenvalue weighted by Crippen LogP contribution is 2.61. The third-order valence-electron chi connectivity index (χ3n) is 9.29. The quantitative estimate of drug-likeness (QED) is 0.217. The molecule has 4 aliphatic rings. The number of halogens is 3. The third-order valence-corrected chi connectivity index (χ3v) is 14.3. The van der Waals surface area contributed by atoms with E-state index in [1.165, 1.54) is 0 Å². The summed E-state index contributed by atoms with van der Waals surface area (Å²) in [6, 6.07) is 0. The predicted molar refractivity (Wildman–Crippen MR) is 175 cm³/mol. The molecule has 1 saturated carbocycles. The van der Waals surface area contributed by atoms with E-state index in [9.17, 15) is 15.0 Å². The standard InChI is InChI=1S/C29H36I3NO7/c1-11-9-12(2)29-16(10-18(37-6)15(5)38-24(11)14(4)34)7-8-17-19(29)23(35)13(3)25(26(17)40-29)39-28(36)22-20(30)21(31)27(32)33-22/h7-9,11,13-14,16-19,23-26,33-35H,5,10H2,1-4,6H3/b12-9+/t11-,13-,14?,16?,17-,18+,19+,23-,24+,25-,26-,29+/m1/s1. The Kier molecular flexibility index (Phi) is 9.14. The van der Waals surface area contributed by atoms with E-state index in [0.717, 1.165) is 16.4 Å². The summed E-state index contributed by atoms with van der Waals surface area (Å²) in [4.78, 5) is 16.6. The number of H-pyrrole nitrogens is 1. The molecule has 0 radical (unpaired) electrons. The number of esters is 1. The number of aliphatic hydroxyl groups is 2. The second-order valence-corrected chi connectivity index (χ2v) is 14.8. The molecule has 220 valence electrons. The molecular formula is C29H36I3NO7. The van der Waals surface area contributed by atoms with Crippen molar-refractivity contribution in [3.8, 4) is 0 Å². The molecule has 12 atom stereocenters. The maximum Gasteiger partial charge on any atom is 0.356 e. The summed E-state index contributed by atoms with van der Waals surface area (Å²) in [6.45, 7) is 11.8. The van der Waals surface area contributed by atoms with Crippen molar-refractivity contribution in [2.45, 2.75) is 76.3 Å². The van der Waals surface area contributed by atoms with E-state index in [-0.39, 0.29) is 29.6 Å². The first-order valence-electron chi connectivity index (χ1n) is 13.6. The molecular weight excluding hydrogens is 855 g/mol. The van der Waals surface area contributed by atoms with Crippen LogP contribution in [0.3, 0.4) is 0 Å². The van der Waals surface area contributed by atoms with E-state index in [1.54, 1.807) is 14.0 Å². The first-order chi connectivity index (χ1) is 18.8. The topological polar surface area (TPSA) is 110 Å². The number of methoxy groups -OCH3 is 1. The number of hydrogen-bond donors (Lipinski definition) is 3. The van der Waals surface area contributed by atoms with Crippen LogP contribution in [0.25, 0.3) is 0 Å². The average Bonchev–Trinajstić information content (AvgIpc) is 3.28. The Morgan fingerprint density at radius 3 is 2.55 bits per heavy atom. The second kappa shape index (κ2) is 11.7. The summed E-state index contributed by atoms with van der Waals surface area (Å²) in [5, 5.41) is 22.4. The Morgan fingerprint density at radius 1 is 1.25 bits per heavy atom. The fourth-order valence-corrected chi connectivity index (χ4v) is 9.44. The van der Waals surface area contributed by atoms with Crippen molar-refractivity contribution in [2.75, 3.05) is 7.11 Å². The van der Waals surface area contributed by atoms with Crippen LogP contribution in [0.2, 0.25) is 0 Å². The fraction of sp³-hybridized carbons (Fsp3) is 0.621. The SMILES string of the molecule is C=C1O[C@H](C(C)O)[C@H](C)/C=C(\C)[C@]23O[C@@H]4[C@H](C=CC2C[C@@H]1OC)[C@H]3[C@H](O)[C@@H](C)[C@H]4OC(=O)c1[nH]c(I)c(I)c1I. The third kappa shape index (κ3) is 4.94. The van der Waals surface area contributed by atoms with Crippen molar-refractivity contribution < 1.29 is 34.0 Å². The molecule has 1 saturated heterocycles. The first-order valence-corrected chi connectivity index (χ1v) is 16.8. The molecule has 3 N–H and O–H groups in total.